The third kappa shape index (κ3) is 2.70. The highest BCUT2D eigenvalue weighted by atomic mass is 16.5. The van der Waals surface area contributed by atoms with E-state index < -0.39 is 0 Å². The fourth-order valence-corrected chi connectivity index (χ4v) is 1.67. The van der Waals surface area contributed by atoms with Crippen LogP contribution in [0.4, 0.5) is 0 Å². The number of rotatable bonds is 3. The van der Waals surface area contributed by atoms with Gasteiger partial charge in [0.1, 0.15) is 0 Å². The number of ether oxygens (including phenoxy) is 1. The third-order valence-electron chi connectivity index (χ3n) is 2.61. The second-order valence-corrected chi connectivity index (χ2v) is 3.63. The summed E-state index contributed by atoms with van der Waals surface area (Å²) in [5, 5.41) is 3.39. The van der Waals surface area contributed by atoms with Gasteiger partial charge in [0.05, 0.1) is 6.04 Å². The van der Waals surface area contributed by atoms with Crippen molar-refractivity contribution < 1.29 is 4.74 Å². The maximum Gasteiger partial charge on any atom is 0.0663 e. The smallest absolute Gasteiger partial charge is 0.0663 e. The topological polar surface area (TPSA) is 47.3 Å². The van der Waals surface area contributed by atoms with Gasteiger partial charge in [0.25, 0.3) is 0 Å². The molecule has 0 radical (unpaired) electrons. The zero-order valence-corrected chi connectivity index (χ0v) is 8.18. The van der Waals surface area contributed by atoms with Crippen molar-refractivity contribution >= 4 is 0 Å². The SMILES string of the molecule is C#CC(C)NC1(CN)CCOCC1. The van der Waals surface area contributed by atoms with Gasteiger partial charge in [-0.3, -0.25) is 5.32 Å². The van der Waals surface area contributed by atoms with Crippen LogP contribution >= 0.6 is 0 Å². The van der Waals surface area contributed by atoms with Gasteiger partial charge in [-0.05, 0) is 19.8 Å². The molecule has 0 saturated carbocycles. The molecule has 1 heterocycles. The average Bonchev–Trinajstić information content (AvgIpc) is 2.19. The summed E-state index contributed by atoms with van der Waals surface area (Å²) in [4.78, 5) is 0. The molecule has 74 valence electrons. The predicted molar refractivity (Wildman–Crippen MR) is 53.3 cm³/mol. The Labute approximate surface area is 80.0 Å². The minimum Gasteiger partial charge on any atom is -0.381 e. The lowest BCUT2D eigenvalue weighted by Crippen LogP contribution is -2.57. The molecule has 3 nitrogen and oxygen atoms in total. The van der Waals surface area contributed by atoms with E-state index in [-0.39, 0.29) is 11.6 Å². The van der Waals surface area contributed by atoms with Crippen molar-refractivity contribution in [3.8, 4) is 12.3 Å². The highest BCUT2D eigenvalue weighted by Gasteiger charge is 2.31. The maximum atomic E-state index is 5.75. The Morgan fingerprint density at radius 1 is 1.62 bits per heavy atom. The second-order valence-electron chi connectivity index (χ2n) is 3.63. The summed E-state index contributed by atoms with van der Waals surface area (Å²) in [6.45, 7) is 4.16. The van der Waals surface area contributed by atoms with Crippen molar-refractivity contribution in [1.29, 1.82) is 0 Å². The minimum absolute atomic E-state index is 0.00400. The van der Waals surface area contributed by atoms with Crippen LogP contribution in [-0.2, 0) is 4.74 Å². The van der Waals surface area contributed by atoms with Crippen molar-refractivity contribution in [1.82, 2.24) is 5.32 Å². The lowest BCUT2D eigenvalue weighted by molar-refractivity contribution is 0.0398. The van der Waals surface area contributed by atoms with Crippen LogP contribution in [0.25, 0.3) is 0 Å². The summed E-state index contributed by atoms with van der Waals surface area (Å²) in [5.74, 6) is 2.66. The first-order chi connectivity index (χ1) is 6.22. The molecule has 0 aromatic rings. The van der Waals surface area contributed by atoms with E-state index in [4.69, 9.17) is 16.9 Å². The summed E-state index contributed by atoms with van der Waals surface area (Å²) >= 11 is 0. The Bertz CT molecular complexity index is 192. The summed E-state index contributed by atoms with van der Waals surface area (Å²) < 4.78 is 5.29. The molecule has 0 spiro atoms. The number of terminal acetylenes is 1. The molecule has 0 aromatic heterocycles. The third-order valence-corrected chi connectivity index (χ3v) is 2.61. The normalized spacial score (nSPS) is 23.5. The van der Waals surface area contributed by atoms with Gasteiger partial charge in [0, 0.05) is 25.3 Å². The molecule has 1 aliphatic heterocycles. The maximum absolute atomic E-state index is 5.75. The van der Waals surface area contributed by atoms with Gasteiger partial charge in [-0.15, -0.1) is 6.42 Å². The number of hydrogen-bond acceptors (Lipinski definition) is 3. The van der Waals surface area contributed by atoms with Gasteiger partial charge < -0.3 is 10.5 Å². The summed E-state index contributed by atoms with van der Waals surface area (Å²) in [7, 11) is 0. The van der Waals surface area contributed by atoms with Crippen LogP contribution < -0.4 is 11.1 Å². The largest absolute Gasteiger partial charge is 0.381 e. The molecule has 0 aliphatic carbocycles. The highest BCUT2D eigenvalue weighted by Crippen LogP contribution is 2.19. The summed E-state index contributed by atoms with van der Waals surface area (Å²) in [5.41, 5.74) is 5.76. The van der Waals surface area contributed by atoms with Crippen LogP contribution in [0.15, 0.2) is 0 Å². The van der Waals surface area contributed by atoms with E-state index >= 15 is 0 Å². The van der Waals surface area contributed by atoms with Crippen LogP contribution in [0.1, 0.15) is 19.8 Å². The Kier molecular flexibility index (Phi) is 3.73. The lowest BCUT2D eigenvalue weighted by atomic mass is 9.89. The van der Waals surface area contributed by atoms with Crippen LogP contribution in [0.3, 0.4) is 0 Å². The van der Waals surface area contributed by atoms with Crippen molar-refractivity contribution in [2.24, 2.45) is 5.73 Å². The Hall–Kier alpha value is -0.560. The molecule has 1 fully saturated rings. The van der Waals surface area contributed by atoms with Crippen LogP contribution in [0, 0.1) is 12.3 Å². The van der Waals surface area contributed by atoms with Crippen molar-refractivity contribution in [2.75, 3.05) is 19.8 Å². The van der Waals surface area contributed by atoms with Crippen molar-refractivity contribution in [3.63, 3.8) is 0 Å². The quantitative estimate of drug-likeness (QED) is 0.609. The van der Waals surface area contributed by atoms with Gasteiger partial charge >= 0.3 is 0 Å². The van der Waals surface area contributed by atoms with Gasteiger partial charge in [0.15, 0.2) is 0 Å². The van der Waals surface area contributed by atoms with Gasteiger partial charge in [-0.1, -0.05) is 5.92 Å². The number of hydrogen-bond donors (Lipinski definition) is 2. The standard InChI is InChI=1S/C10H18N2O/c1-3-9(2)12-10(8-11)4-6-13-7-5-10/h1,9,12H,4-8,11H2,2H3. The lowest BCUT2D eigenvalue weighted by Gasteiger charge is -2.38. The molecule has 0 bridgehead atoms. The highest BCUT2D eigenvalue weighted by molar-refractivity contribution is 5.02. The van der Waals surface area contributed by atoms with E-state index in [1.807, 2.05) is 6.92 Å². The molecule has 0 aromatic carbocycles. The average molecular weight is 182 g/mol. The van der Waals surface area contributed by atoms with Crippen molar-refractivity contribution in [2.45, 2.75) is 31.3 Å². The number of nitrogens with two attached hydrogens (primary N) is 1. The first-order valence-electron chi connectivity index (χ1n) is 4.74. The van der Waals surface area contributed by atoms with Crippen LogP contribution in [0.5, 0.6) is 0 Å². The van der Waals surface area contributed by atoms with E-state index in [9.17, 15) is 0 Å². The second kappa shape index (κ2) is 4.61. The monoisotopic (exact) mass is 182 g/mol. The minimum atomic E-state index is 0.00400. The van der Waals surface area contributed by atoms with Crippen LogP contribution in [-0.4, -0.2) is 31.3 Å². The summed E-state index contributed by atoms with van der Waals surface area (Å²) in [6, 6.07) is 0.0849. The van der Waals surface area contributed by atoms with Gasteiger partial charge in [-0.2, -0.15) is 0 Å². The van der Waals surface area contributed by atoms with Crippen LogP contribution in [0.2, 0.25) is 0 Å². The molecule has 3 heteroatoms. The molecule has 1 unspecified atom stereocenters. The van der Waals surface area contributed by atoms with E-state index in [2.05, 4.69) is 11.2 Å². The van der Waals surface area contributed by atoms with E-state index in [0.29, 0.717) is 6.54 Å². The molecule has 1 aliphatic rings. The Morgan fingerprint density at radius 3 is 2.69 bits per heavy atom. The zero-order valence-electron chi connectivity index (χ0n) is 8.18. The molecule has 1 saturated heterocycles. The first kappa shape index (κ1) is 10.5. The Balaban J connectivity index is 2.53. The molecule has 3 N–H and O–H groups in total. The number of nitrogens with one attached hydrogen (secondary N) is 1. The van der Waals surface area contributed by atoms with Crippen molar-refractivity contribution in [3.05, 3.63) is 0 Å². The fraction of sp³-hybridized carbons (Fsp3) is 0.800. The van der Waals surface area contributed by atoms with E-state index in [1.54, 1.807) is 0 Å². The molecule has 13 heavy (non-hydrogen) atoms. The van der Waals surface area contributed by atoms with E-state index in [0.717, 1.165) is 26.1 Å². The molecule has 1 atom stereocenters. The fourth-order valence-electron chi connectivity index (χ4n) is 1.67. The zero-order chi connectivity index (χ0) is 9.73. The Morgan fingerprint density at radius 2 is 2.23 bits per heavy atom. The van der Waals surface area contributed by atoms with E-state index in [1.165, 1.54) is 0 Å². The molecule has 0 amide bonds. The molecular weight excluding hydrogens is 164 g/mol. The first-order valence-corrected chi connectivity index (χ1v) is 4.74. The predicted octanol–water partition coefficient (Wildman–Crippen LogP) is 0.106. The van der Waals surface area contributed by atoms with Gasteiger partial charge in [0.2, 0.25) is 0 Å². The molecule has 1 rings (SSSR count). The van der Waals surface area contributed by atoms with Gasteiger partial charge in [-0.25, -0.2) is 0 Å². The summed E-state index contributed by atoms with van der Waals surface area (Å²) in [6.07, 6.45) is 7.23. The molecular formula is C10H18N2O.